The smallest absolute Gasteiger partial charge is 0.238 e. The van der Waals surface area contributed by atoms with E-state index in [9.17, 15) is 21.6 Å². The predicted octanol–water partition coefficient (Wildman–Crippen LogP) is 6.79. The van der Waals surface area contributed by atoms with Crippen LogP contribution in [0.1, 0.15) is 16.8 Å². The Morgan fingerprint density at radius 2 is 1.48 bits per heavy atom. The maximum Gasteiger partial charge on any atom is 0.416 e. The second kappa shape index (κ2) is 7.89. The van der Waals surface area contributed by atoms with E-state index < -0.39 is 21.8 Å². The molecule has 0 radical (unpaired) electrons. The van der Waals surface area contributed by atoms with Crippen LogP contribution in [0.5, 0.6) is 0 Å². The molecule has 0 aliphatic carbocycles. The molecule has 0 fully saturated rings. The number of hydrogen-bond donors (Lipinski definition) is 0. The lowest BCUT2D eigenvalue weighted by Gasteiger charge is -2.14. The van der Waals surface area contributed by atoms with E-state index in [4.69, 9.17) is 23.2 Å². The Morgan fingerprint density at radius 1 is 0.839 bits per heavy atom. The largest absolute Gasteiger partial charge is 0.416 e. The molecule has 0 saturated heterocycles. The molecule has 0 aliphatic heterocycles. The first-order chi connectivity index (χ1) is 14.6. The summed E-state index contributed by atoms with van der Waals surface area (Å²) in [6.07, 6.45) is -4.54. The van der Waals surface area contributed by atoms with Crippen molar-refractivity contribution in [3.05, 3.63) is 99.7 Å². The van der Waals surface area contributed by atoms with Crippen molar-refractivity contribution in [2.45, 2.75) is 17.5 Å². The van der Waals surface area contributed by atoms with Crippen LogP contribution in [0.15, 0.2) is 77.7 Å². The molecule has 0 spiro atoms. The number of rotatable bonds is 4. The summed E-state index contributed by atoms with van der Waals surface area (Å²) in [5, 5.41) is 0.808. The van der Waals surface area contributed by atoms with Crippen LogP contribution in [0.2, 0.25) is 10.0 Å². The molecule has 3 aromatic carbocycles. The lowest BCUT2D eigenvalue weighted by Crippen LogP contribution is -2.16. The van der Waals surface area contributed by atoms with Gasteiger partial charge in [0.1, 0.15) is 0 Å². The van der Waals surface area contributed by atoms with Gasteiger partial charge in [-0.25, -0.2) is 12.4 Å². The van der Waals surface area contributed by atoms with E-state index in [1.165, 1.54) is 18.2 Å². The summed E-state index contributed by atoms with van der Waals surface area (Å²) < 4.78 is 67.6. The molecule has 31 heavy (non-hydrogen) atoms. The molecule has 4 rings (SSSR count). The number of aromatic nitrogens is 1. The van der Waals surface area contributed by atoms with E-state index in [0.717, 1.165) is 22.2 Å². The van der Waals surface area contributed by atoms with Crippen molar-refractivity contribution in [3.63, 3.8) is 0 Å². The highest BCUT2D eigenvalue weighted by molar-refractivity contribution is 7.90. The fourth-order valence-electron chi connectivity index (χ4n) is 3.41. The molecule has 1 heterocycles. The van der Waals surface area contributed by atoms with E-state index in [1.54, 1.807) is 36.4 Å². The van der Waals surface area contributed by atoms with Gasteiger partial charge in [0.05, 0.1) is 16.0 Å². The van der Waals surface area contributed by atoms with Crippen molar-refractivity contribution in [1.29, 1.82) is 0 Å². The van der Waals surface area contributed by atoms with Crippen LogP contribution in [-0.4, -0.2) is 12.4 Å². The van der Waals surface area contributed by atoms with Crippen LogP contribution in [0.25, 0.3) is 10.9 Å². The zero-order valence-corrected chi connectivity index (χ0v) is 18.0. The Labute approximate surface area is 186 Å². The molecule has 160 valence electrons. The molecule has 3 nitrogen and oxygen atoms in total. The van der Waals surface area contributed by atoms with Gasteiger partial charge in [0, 0.05) is 27.5 Å². The monoisotopic (exact) mass is 483 g/mol. The summed E-state index contributed by atoms with van der Waals surface area (Å²) >= 11 is 12.5. The molecule has 0 aliphatic rings. The standard InChI is InChI=1S/C22H14Cl2F3NO2S/c23-19-7-4-8-20(24)18(19)13-16-12-14-11-15(22(25,26)27)9-10-21(14)28(16)31(29,30)17-5-2-1-3-6-17/h1-12H,13H2. The average Bonchev–Trinajstić information content (AvgIpc) is 3.09. The molecule has 0 atom stereocenters. The highest BCUT2D eigenvalue weighted by atomic mass is 35.5. The minimum absolute atomic E-state index is 0.0129. The van der Waals surface area contributed by atoms with Crippen LogP contribution in [0, 0.1) is 0 Å². The highest BCUT2D eigenvalue weighted by Crippen LogP contribution is 2.35. The first kappa shape index (κ1) is 21.7. The van der Waals surface area contributed by atoms with Gasteiger partial charge in [-0.2, -0.15) is 13.2 Å². The van der Waals surface area contributed by atoms with Crippen LogP contribution < -0.4 is 0 Å². The molecule has 1 aromatic heterocycles. The topological polar surface area (TPSA) is 39.1 Å². The van der Waals surface area contributed by atoms with Crippen molar-refractivity contribution >= 4 is 44.1 Å². The van der Waals surface area contributed by atoms with Crippen molar-refractivity contribution < 1.29 is 21.6 Å². The second-order valence-corrected chi connectivity index (χ2v) is 9.47. The molecule has 4 aromatic rings. The van der Waals surface area contributed by atoms with E-state index >= 15 is 0 Å². The highest BCUT2D eigenvalue weighted by Gasteiger charge is 2.32. The number of benzene rings is 3. The number of hydrogen-bond acceptors (Lipinski definition) is 2. The summed E-state index contributed by atoms with van der Waals surface area (Å²) in [6.45, 7) is 0. The SMILES string of the molecule is O=S(=O)(c1ccccc1)n1c(Cc2c(Cl)cccc2Cl)cc2cc(C(F)(F)F)ccc21. The fourth-order valence-corrected chi connectivity index (χ4v) is 5.51. The number of nitrogens with zero attached hydrogens (tertiary/aromatic N) is 1. The molecule has 0 saturated carbocycles. The normalized spacial score (nSPS) is 12.4. The number of fused-ring (bicyclic) bond motifs is 1. The van der Waals surface area contributed by atoms with Crippen molar-refractivity contribution in [2.24, 2.45) is 0 Å². The fraction of sp³-hybridized carbons (Fsp3) is 0.0909. The second-order valence-electron chi connectivity index (χ2n) is 6.87. The summed E-state index contributed by atoms with van der Waals surface area (Å²) in [6, 6.07) is 16.9. The van der Waals surface area contributed by atoms with Gasteiger partial charge in [0.25, 0.3) is 10.0 Å². The van der Waals surface area contributed by atoms with Crippen LogP contribution in [0.4, 0.5) is 13.2 Å². The zero-order chi connectivity index (χ0) is 22.4. The molecular formula is C22H14Cl2F3NO2S. The van der Waals surface area contributed by atoms with Crippen molar-refractivity contribution in [3.8, 4) is 0 Å². The molecular weight excluding hydrogens is 470 g/mol. The maximum absolute atomic E-state index is 13.4. The van der Waals surface area contributed by atoms with Gasteiger partial charge in [0.2, 0.25) is 0 Å². The van der Waals surface area contributed by atoms with Crippen molar-refractivity contribution in [2.75, 3.05) is 0 Å². The van der Waals surface area contributed by atoms with Gasteiger partial charge in [-0.1, -0.05) is 47.5 Å². The first-order valence-electron chi connectivity index (χ1n) is 9.04. The summed E-state index contributed by atoms with van der Waals surface area (Å²) in [7, 11) is -4.10. The van der Waals surface area contributed by atoms with E-state index in [2.05, 4.69) is 0 Å². The van der Waals surface area contributed by atoms with Crippen molar-refractivity contribution in [1.82, 2.24) is 3.97 Å². The Balaban J connectivity index is 1.99. The summed E-state index contributed by atoms with van der Waals surface area (Å²) in [5.74, 6) is 0. The number of halogens is 5. The van der Waals surface area contributed by atoms with Gasteiger partial charge in [-0.15, -0.1) is 0 Å². The van der Waals surface area contributed by atoms with Gasteiger partial charge in [-0.3, -0.25) is 0 Å². The average molecular weight is 484 g/mol. The molecule has 0 bridgehead atoms. The van der Waals surface area contributed by atoms with E-state index in [0.29, 0.717) is 15.6 Å². The third-order valence-corrected chi connectivity index (χ3v) is 7.35. The minimum Gasteiger partial charge on any atom is -0.238 e. The van der Waals surface area contributed by atoms with Crippen LogP contribution in [-0.2, 0) is 22.6 Å². The Hall–Kier alpha value is -2.48. The Kier molecular flexibility index (Phi) is 5.54. The number of alkyl halides is 3. The maximum atomic E-state index is 13.4. The summed E-state index contributed by atoms with van der Waals surface area (Å²) in [5.41, 5.74) is -0.00557. The lowest BCUT2D eigenvalue weighted by atomic mass is 10.1. The van der Waals surface area contributed by atoms with Gasteiger partial charge < -0.3 is 0 Å². The molecule has 0 unspecified atom stereocenters. The van der Waals surface area contributed by atoms with E-state index in [-0.39, 0.29) is 27.9 Å². The lowest BCUT2D eigenvalue weighted by molar-refractivity contribution is -0.137. The Bertz CT molecular complexity index is 1360. The van der Waals surface area contributed by atoms with Gasteiger partial charge in [-0.05, 0) is 54.1 Å². The summed E-state index contributed by atoms with van der Waals surface area (Å²) in [4.78, 5) is 0.0129. The zero-order valence-electron chi connectivity index (χ0n) is 15.7. The van der Waals surface area contributed by atoms with E-state index in [1.807, 2.05) is 0 Å². The minimum atomic E-state index is -4.55. The quantitative estimate of drug-likeness (QED) is 0.320. The third kappa shape index (κ3) is 4.05. The van der Waals surface area contributed by atoms with Gasteiger partial charge >= 0.3 is 6.18 Å². The van der Waals surface area contributed by atoms with Gasteiger partial charge in [0.15, 0.2) is 0 Å². The third-order valence-electron chi connectivity index (χ3n) is 4.86. The van der Waals surface area contributed by atoms with Crippen LogP contribution in [0.3, 0.4) is 0 Å². The Morgan fingerprint density at radius 3 is 2.10 bits per heavy atom. The molecule has 0 N–H and O–H groups in total. The molecule has 0 amide bonds. The predicted molar refractivity (Wildman–Crippen MR) is 115 cm³/mol. The molecule has 9 heteroatoms. The first-order valence-corrected chi connectivity index (χ1v) is 11.2. The van der Waals surface area contributed by atoms with Crippen LogP contribution >= 0.6 is 23.2 Å².